The van der Waals surface area contributed by atoms with Gasteiger partial charge in [0.15, 0.2) is 0 Å². The minimum absolute atomic E-state index is 0.158. The molecule has 0 aliphatic rings. The summed E-state index contributed by atoms with van der Waals surface area (Å²) in [6.07, 6.45) is 0. The Hall–Kier alpha value is -2.63. The molecule has 0 radical (unpaired) electrons. The number of hydrogen-bond donors (Lipinski definition) is 2. The van der Waals surface area contributed by atoms with E-state index < -0.39 is 10.7 Å². The molecule has 2 aromatic carbocycles. The Morgan fingerprint density at radius 2 is 1.89 bits per heavy atom. The number of nitrogens with zero attached hydrogens (tertiary/aromatic N) is 1. The molecular weight excluding hydrogens is 251 g/mol. The third kappa shape index (κ3) is 3.41. The molecule has 2 rings (SSSR count). The average Bonchev–Trinajstić information content (AvgIpc) is 2.37. The van der Waals surface area contributed by atoms with Gasteiger partial charge in [0.25, 0.3) is 5.69 Å². The van der Waals surface area contributed by atoms with E-state index in [2.05, 4.69) is 5.32 Å². The number of benzene rings is 2. The molecule has 98 valence electrons. The van der Waals surface area contributed by atoms with Crippen LogP contribution in [0.4, 0.5) is 15.8 Å². The molecule has 0 saturated carbocycles. The molecule has 0 aliphatic carbocycles. The number of hydrogen-bond acceptors (Lipinski definition) is 4. The molecule has 0 aliphatic heterocycles. The Labute approximate surface area is 108 Å². The van der Waals surface area contributed by atoms with Gasteiger partial charge in [-0.1, -0.05) is 12.1 Å². The van der Waals surface area contributed by atoms with E-state index in [9.17, 15) is 14.5 Å². The van der Waals surface area contributed by atoms with Crippen LogP contribution in [0.15, 0.2) is 42.5 Å². The second-order valence-electron chi connectivity index (χ2n) is 3.98. The SMILES string of the molecule is O=[N+]([O-])c1cc(F)cc(NCc2ccc(O)cc2)c1. The van der Waals surface area contributed by atoms with E-state index in [4.69, 9.17) is 5.11 Å². The number of phenols is 1. The minimum atomic E-state index is -0.664. The van der Waals surface area contributed by atoms with E-state index in [1.54, 1.807) is 12.1 Å². The van der Waals surface area contributed by atoms with Crippen LogP contribution in [0.5, 0.6) is 5.75 Å². The normalized spacial score (nSPS) is 10.2. The van der Waals surface area contributed by atoms with Crippen molar-refractivity contribution in [2.45, 2.75) is 6.54 Å². The summed E-state index contributed by atoms with van der Waals surface area (Å²) in [7, 11) is 0. The standard InChI is InChI=1S/C13H11FN2O3/c14-10-5-11(7-12(6-10)16(18)19)15-8-9-1-3-13(17)4-2-9/h1-7,15,17H,8H2. The van der Waals surface area contributed by atoms with Gasteiger partial charge in [-0.25, -0.2) is 4.39 Å². The Kier molecular flexibility index (Phi) is 3.61. The first kappa shape index (κ1) is 12.8. The highest BCUT2D eigenvalue weighted by Gasteiger charge is 2.09. The number of nitrogens with one attached hydrogen (secondary N) is 1. The third-order valence-electron chi connectivity index (χ3n) is 2.53. The van der Waals surface area contributed by atoms with Gasteiger partial charge >= 0.3 is 0 Å². The van der Waals surface area contributed by atoms with Crippen LogP contribution in [0.25, 0.3) is 0 Å². The van der Waals surface area contributed by atoms with Crippen LogP contribution in [0.1, 0.15) is 5.56 Å². The number of phenolic OH excluding ortho intramolecular Hbond substituents is 1. The zero-order valence-electron chi connectivity index (χ0n) is 9.84. The van der Waals surface area contributed by atoms with Crippen molar-refractivity contribution >= 4 is 11.4 Å². The van der Waals surface area contributed by atoms with Crippen molar-refractivity contribution in [3.05, 3.63) is 64.0 Å². The molecule has 5 nitrogen and oxygen atoms in total. The predicted octanol–water partition coefficient (Wildman–Crippen LogP) is 3.05. The summed E-state index contributed by atoms with van der Waals surface area (Å²) in [4.78, 5) is 9.96. The maximum Gasteiger partial charge on any atom is 0.274 e. The number of nitro benzene ring substituents is 1. The highest BCUT2D eigenvalue weighted by atomic mass is 19.1. The summed E-state index contributed by atoms with van der Waals surface area (Å²) in [5.41, 5.74) is 0.901. The van der Waals surface area contributed by atoms with E-state index in [1.807, 2.05) is 0 Å². The zero-order chi connectivity index (χ0) is 13.8. The number of halogens is 1. The average molecular weight is 262 g/mol. The molecule has 0 saturated heterocycles. The molecule has 2 N–H and O–H groups in total. The second kappa shape index (κ2) is 5.34. The summed E-state index contributed by atoms with van der Waals surface area (Å²) in [5.74, 6) is -0.507. The number of non-ortho nitro benzene ring substituents is 1. The lowest BCUT2D eigenvalue weighted by Crippen LogP contribution is -2.00. The Morgan fingerprint density at radius 1 is 1.21 bits per heavy atom. The highest BCUT2D eigenvalue weighted by Crippen LogP contribution is 2.20. The lowest BCUT2D eigenvalue weighted by molar-refractivity contribution is -0.385. The molecule has 6 heteroatoms. The highest BCUT2D eigenvalue weighted by molar-refractivity contribution is 5.51. The largest absolute Gasteiger partial charge is 0.508 e. The summed E-state index contributed by atoms with van der Waals surface area (Å²) in [6.45, 7) is 0.376. The molecule has 0 spiro atoms. The van der Waals surface area contributed by atoms with Crippen molar-refractivity contribution in [1.82, 2.24) is 0 Å². The second-order valence-corrected chi connectivity index (χ2v) is 3.98. The van der Waals surface area contributed by atoms with Gasteiger partial charge in [-0.15, -0.1) is 0 Å². The van der Waals surface area contributed by atoms with Crippen LogP contribution in [0.3, 0.4) is 0 Å². The predicted molar refractivity (Wildman–Crippen MR) is 68.5 cm³/mol. The Bertz CT molecular complexity index is 599. The van der Waals surface area contributed by atoms with Crippen molar-refractivity contribution in [2.24, 2.45) is 0 Å². The van der Waals surface area contributed by atoms with Crippen molar-refractivity contribution in [3.63, 3.8) is 0 Å². The number of rotatable bonds is 4. The van der Waals surface area contributed by atoms with Crippen LogP contribution in [0, 0.1) is 15.9 Å². The van der Waals surface area contributed by atoms with Crippen molar-refractivity contribution in [3.8, 4) is 5.75 Å². The Morgan fingerprint density at radius 3 is 2.53 bits per heavy atom. The monoisotopic (exact) mass is 262 g/mol. The lowest BCUT2D eigenvalue weighted by atomic mass is 10.2. The fourth-order valence-electron chi connectivity index (χ4n) is 1.60. The van der Waals surface area contributed by atoms with Gasteiger partial charge in [-0.05, 0) is 23.8 Å². The molecule has 0 aromatic heterocycles. The summed E-state index contributed by atoms with van der Waals surface area (Å²) >= 11 is 0. The van der Waals surface area contributed by atoms with Gasteiger partial charge in [-0.2, -0.15) is 0 Å². The van der Waals surface area contributed by atoms with Crippen molar-refractivity contribution in [1.29, 1.82) is 0 Å². The Balaban J connectivity index is 2.11. The van der Waals surface area contributed by atoms with Gasteiger partial charge < -0.3 is 10.4 Å². The molecule has 0 fully saturated rings. The molecule has 0 amide bonds. The smallest absolute Gasteiger partial charge is 0.274 e. The molecule has 19 heavy (non-hydrogen) atoms. The molecular formula is C13H11FN2O3. The first-order valence-electron chi connectivity index (χ1n) is 5.51. The van der Waals surface area contributed by atoms with Gasteiger partial charge in [0.1, 0.15) is 11.6 Å². The first-order chi connectivity index (χ1) is 9.04. The maximum absolute atomic E-state index is 13.2. The van der Waals surface area contributed by atoms with Gasteiger partial charge in [0.2, 0.25) is 0 Å². The van der Waals surface area contributed by atoms with Gasteiger partial charge in [0.05, 0.1) is 11.0 Å². The topological polar surface area (TPSA) is 75.4 Å². The van der Waals surface area contributed by atoms with Gasteiger partial charge in [-0.3, -0.25) is 10.1 Å². The molecule has 0 atom stereocenters. The minimum Gasteiger partial charge on any atom is -0.508 e. The molecule has 0 bridgehead atoms. The number of aromatic hydroxyl groups is 1. The van der Waals surface area contributed by atoms with E-state index in [-0.39, 0.29) is 11.4 Å². The zero-order valence-corrected chi connectivity index (χ0v) is 9.84. The van der Waals surface area contributed by atoms with Crippen LogP contribution in [0.2, 0.25) is 0 Å². The number of anilines is 1. The first-order valence-corrected chi connectivity index (χ1v) is 5.51. The van der Waals surface area contributed by atoms with Crippen LogP contribution in [-0.2, 0) is 6.54 Å². The van der Waals surface area contributed by atoms with E-state index in [0.717, 1.165) is 11.6 Å². The van der Waals surface area contributed by atoms with E-state index in [0.29, 0.717) is 12.2 Å². The van der Waals surface area contributed by atoms with Gasteiger partial charge in [0, 0.05) is 18.3 Å². The molecule has 0 unspecified atom stereocenters. The molecule has 2 aromatic rings. The molecule has 0 heterocycles. The van der Waals surface area contributed by atoms with E-state index in [1.165, 1.54) is 24.3 Å². The van der Waals surface area contributed by atoms with Crippen molar-refractivity contribution in [2.75, 3.05) is 5.32 Å². The summed E-state index contributed by atoms with van der Waals surface area (Å²) in [6, 6.07) is 9.80. The maximum atomic E-state index is 13.2. The third-order valence-corrected chi connectivity index (χ3v) is 2.53. The van der Waals surface area contributed by atoms with Crippen LogP contribution < -0.4 is 5.32 Å². The van der Waals surface area contributed by atoms with E-state index >= 15 is 0 Å². The fourth-order valence-corrected chi connectivity index (χ4v) is 1.60. The summed E-state index contributed by atoms with van der Waals surface area (Å²) in [5, 5.41) is 22.6. The lowest BCUT2D eigenvalue weighted by Gasteiger charge is -2.07. The fraction of sp³-hybridized carbons (Fsp3) is 0.0769. The summed E-state index contributed by atoms with van der Waals surface area (Å²) < 4.78 is 13.2. The quantitative estimate of drug-likeness (QED) is 0.656. The van der Waals surface area contributed by atoms with Crippen LogP contribution in [-0.4, -0.2) is 10.0 Å². The van der Waals surface area contributed by atoms with Crippen molar-refractivity contribution < 1.29 is 14.4 Å². The van der Waals surface area contributed by atoms with Crippen LogP contribution >= 0.6 is 0 Å². The number of nitro groups is 1.